The van der Waals surface area contributed by atoms with Crippen LogP contribution in [0.15, 0.2) is 29.1 Å². The minimum atomic E-state index is -0.925. The molecule has 2 fully saturated rings. The predicted octanol–water partition coefficient (Wildman–Crippen LogP) is 4.86. The van der Waals surface area contributed by atoms with E-state index in [1.54, 1.807) is 22.8 Å². The molecular weight excluding hydrogens is 572 g/mol. The molecule has 242 valence electrons. The number of fused-ring (bicyclic) bond motifs is 5. The molecule has 0 bridgehead atoms. The van der Waals surface area contributed by atoms with Crippen LogP contribution in [-0.2, 0) is 38.6 Å². The van der Waals surface area contributed by atoms with Gasteiger partial charge in [0.1, 0.15) is 12.4 Å². The summed E-state index contributed by atoms with van der Waals surface area (Å²) in [6, 6.07) is 8.00. The maximum absolute atomic E-state index is 13.2. The van der Waals surface area contributed by atoms with Gasteiger partial charge < -0.3 is 28.6 Å². The molecule has 6 heterocycles. The van der Waals surface area contributed by atoms with Crippen molar-refractivity contribution in [2.45, 2.75) is 84.6 Å². The Morgan fingerprint density at radius 3 is 2.42 bits per heavy atom. The van der Waals surface area contributed by atoms with Gasteiger partial charge in [-0.25, -0.2) is 9.78 Å². The zero-order chi connectivity index (χ0) is 32.1. The molecule has 2 saturated heterocycles. The number of rotatable bonds is 5. The standard InChI is InChI=1S/C22H18N2O6.C11H22N2.C2H6/c1-3-12-13-6-11(30-10-25)4-5-17(13)23-19-15(12)8-24-18(19)7-14-16(21(24)26)9-29-22(27)20(14)28-2;1-12-9-5-11(6-10-12)13-7-3-2-4-8-13;1-2/h4-7,10,20H,3,8-9H2,1-2H3;11H,2-10H2,1H3;1-2H3. The molecule has 1 atom stereocenters. The normalized spacial score (nSPS) is 19.7. The monoisotopic (exact) mass is 618 g/mol. The lowest BCUT2D eigenvalue weighted by Crippen LogP contribution is -2.45. The molecule has 0 amide bonds. The van der Waals surface area contributed by atoms with Crippen LogP contribution in [0.2, 0.25) is 0 Å². The van der Waals surface area contributed by atoms with Crippen molar-refractivity contribution in [2.24, 2.45) is 0 Å². The molecule has 4 aliphatic heterocycles. The van der Waals surface area contributed by atoms with Gasteiger partial charge in [-0.3, -0.25) is 9.59 Å². The van der Waals surface area contributed by atoms with E-state index in [0.717, 1.165) is 40.2 Å². The minimum Gasteiger partial charge on any atom is -0.458 e. The molecule has 1 unspecified atom stereocenters. The van der Waals surface area contributed by atoms with Crippen molar-refractivity contribution in [2.75, 3.05) is 40.3 Å². The quantitative estimate of drug-likeness (QED) is 0.229. The van der Waals surface area contributed by atoms with Gasteiger partial charge in [0.15, 0.2) is 6.10 Å². The smallest absolute Gasteiger partial charge is 0.340 e. The van der Waals surface area contributed by atoms with Gasteiger partial charge in [0.05, 0.1) is 29.0 Å². The molecule has 0 radical (unpaired) electrons. The van der Waals surface area contributed by atoms with Crippen molar-refractivity contribution < 1.29 is 23.8 Å². The lowest BCUT2D eigenvalue weighted by molar-refractivity contribution is -0.159. The van der Waals surface area contributed by atoms with Crippen LogP contribution in [0.1, 0.15) is 81.2 Å². The number of hydrogen-bond acceptors (Lipinski definition) is 9. The third-order valence-corrected chi connectivity index (χ3v) is 9.39. The number of pyridine rings is 2. The molecule has 10 nitrogen and oxygen atoms in total. The Hall–Kier alpha value is -3.60. The van der Waals surface area contributed by atoms with Crippen molar-refractivity contribution in [3.05, 3.63) is 56.9 Å². The number of benzene rings is 1. The van der Waals surface area contributed by atoms with Crippen molar-refractivity contribution in [3.8, 4) is 17.1 Å². The topological polar surface area (TPSA) is 103 Å². The molecule has 2 aromatic heterocycles. The average molecular weight is 619 g/mol. The summed E-state index contributed by atoms with van der Waals surface area (Å²) < 4.78 is 17.1. The number of cyclic esters (lactones) is 1. The third-order valence-electron chi connectivity index (χ3n) is 9.39. The van der Waals surface area contributed by atoms with E-state index in [1.807, 2.05) is 26.8 Å². The zero-order valence-corrected chi connectivity index (χ0v) is 27.3. The fourth-order valence-corrected chi connectivity index (χ4v) is 7.07. The number of nitrogens with zero attached hydrogens (tertiary/aromatic N) is 4. The van der Waals surface area contributed by atoms with Crippen LogP contribution in [0.5, 0.6) is 5.75 Å². The number of aryl methyl sites for hydroxylation is 1. The van der Waals surface area contributed by atoms with Gasteiger partial charge in [-0.2, -0.15) is 0 Å². The summed E-state index contributed by atoms with van der Waals surface area (Å²) in [5.41, 5.74) is 4.88. The van der Waals surface area contributed by atoms with Crippen LogP contribution in [0, 0.1) is 0 Å². The summed E-state index contributed by atoms with van der Waals surface area (Å²) in [6.07, 6.45) is 6.93. The summed E-state index contributed by atoms with van der Waals surface area (Å²) >= 11 is 0. The first kappa shape index (κ1) is 32.8. The van der Waals surface area contributed by atoms with Gasteiger partial charge in [-0.1, -0.05) is 27.2 Å². The van der Waals surface area contributed by atoms with Crippen LogP contribution in [0.25, 0.3) is 22.3 Å². The first-order valence-corrected chi connectivity index (χ1v) is 16.4. The van der Waals surface area contributed by atoms with E-state index in [1.165, 1.54) is 65.4 Å². The first-order valence-electron chi connectivity index (χ1n) is 16.4. The fourth-order valence-electron chi connectivity index (χ4n) is 7.07. The Balaban J connectivity index is 0.000000223. The molecule has 0 saturated carbocycles. The van der Waals surface area contributed by atoms with Crippen LogP contribution in [0.3, 0.4) is 0 Å². The second-order valence-corrected chi connectivity index (χ2v) is 11.9. The van der Waals surface area contributed by atoms with Crippen LogP contribution in [-0.4, -0.2) is 78.2 Å². The number of carbonyl (C=O) groups is 2. The van der Waals surface area contributed by atoms with Crippen molar-refractivity contribution in [1.82, 2.24) is 19.4 Å². The number of aromatic nitrogens is 2. The Labute approximate surface area is 265 Å². The Morgan fingerprint density at radius 1 is 1.02 bits per heavy atom. The van der Waals surface area contributed by atoms with E-state index in [9.17, 15) is 14.4 Å². The Kier molecular flexibility index (Phi) is 10.7. The minimum absolute atomic E-state index is 0.0636. The lowest BCUT2D eigenvalue weighted by atomic mass is 9.97. The van der Waals surface area contributed by atoms with Gasteiger partial charge >= 0.3 is 5.97 Å². The van der Waals surface area contributed by atoms with Gasteiger partial charge in [0, 0.05) is 29.7 Å². The number of esters is 1. The Bertz CT molecular complexity index is 1590. The molecule has 1 aromatic carbocycles. The number of carbonyl (C=O) groups excluding carboxylic acids is 2. The lowest BCUT2D eigenvalue weighted by Gasteiger charge is -2.39. The molecule has 0 aliphatic carbocycles. The highest BCUT2D eigenvalue weighted by molar-refractivity contribution is 5.89. The number of hydrogen-bond donors (Lipinski definition) is 0. The van der Waals surface area contributed by atoms with Gasteiger partial charge in [-0.15, -0.1) is 0 Å². The van der Waals surface area contributed by atoms with Crippen molar-refractivity contribution in [3.63, 3.8) is 0 Å². The first-order chi connectivity index (χ1) is 21.9. The molecule has 3 aromatic rings. The molecule has 10 heteroatoms. The van der Waals surface area contributed by atoms with Crippen LogP contribution < -0.4 is 10.3 Å². The maximum atomic E-state index is 13.2. The van der Waals surface area contributed by atoms with E-state index < -0.39 is 12.1 Å². The van der Waals surface area contributed by atoms with E-state index in [4.69, 9.17) is 19.2 Å². The number of ether oxygens (including phenoxy) is 3. The SMILES string of the molecule is CC.CCc1c2c(nc3ccc(OC=O)cc13)-c1cc3c(c(=O)n1C2)COC(=O)C3OC.CN1CCC(N2CCCCC2)CC1. The maximum Gasteiger partial charge on any atom is 0.340 e. The molecular formula is C35H46N4O6. The van der Waals surface area contributed by atoms with Gasteiger partial charge in [-0.05, 0) is 95.2 Å². The highest BCUT2D eigenvalue weighted by Crippen LogP contribution is 2.39. The zero-order valence-electron chi connectivity index (χ0n) is 27.3. The summed E-state index contributed by atoms with van der Waals surface area (Å²) in [4.78, 5) is 46.0. The number of methoxy groups -OCH3 is 1. The Morgan fingerprint density at radius 2 is 1.76 bits per heavy atom. The van der Waals surface area contributed by atoms with E-state index in [0.29, 0.717) is 35.6 Å². The number of likely N-dealkylation sites (tertiary alicyclic amines) is 2. The largest absolute Gasteiger partial charge is 0.458 e. The molecule has 0 N–H and O–H groups in total. The highest BCUT2D eigenvalue weighted by atomic mass is 16.6. The average Bonchev–Trinajstić information content (AvgIpc) is 3.44. The second-order valence-electron chi connectivity index (χ2n) is 11.9. The van der Waals surface area contributed by atoms with Gasteiger partial charge in [0.2, 0.25) is 0 Å². The number of piperidine rings is 2. The molecule has 0 spiro atoms. The summed E-state index contributed by atoms with van der Waals surface area (Å²) in [5, 5.41) is 0.884. The van der Waals surface area contributed by atoms with Crippen LogP contribution >= 0.6 is 0 Å². The van der Waals surface area contributed by atoms with Gasteiger partial charge in [0.25, 0.3) is 12.0 Å². The summed E-state index contributed by atoms with van der Waals surface area (Å²) in [5.74, 6) is -0.0633. The second kappa shape index (κ2) is 14.7. The predicted molar refractivity (Wildman–Crippen MR) is 173 cm³/mol. The summed E-state index contributed by atoms with van der Waals surface area (Å²) in [7, 11) is 3.66. The van der Waals surface area contributed by atoms with E-state index in [-0.39, 0.29) is 12.2 Å². The fraction of sp³-hybridized carbons (Fsp3) is 0.543. The summed E-state index contributed by atoms with van der Waals surface area (Å²) in [6.45, 7) is 12.1. The molecule has 7 rings (SSSR count). The highest BCUT2D eigenvalue weighted by Gasteiger charge is 2.35. The van der Waals surface area contributed by atoms with E-state index in [2.05, 4.69) is 16.8 Å². The van der Waals surface area contributed by atoms with Crippen molar-refractivity contribution in [1.29, 1.82) is 0 Å². The van der Waals surface area contributed by atoms with Crippen molar-refractivity contribution >= 4 is 23.3 Å². The molecule has 4 aliphatic rings. The van der Waals surface area contributed by atoms with E-state index >= 15 is 0 Å². The third kappa shape index (κ3) is 6.55. The molecule has 45 heavy (non-hydrogen) atoms. The van der Waals surface area contributed by atoms with Crippen LogP contribution in [0.4, 0.5) is 0 Å².